The van der Waals surface area contributed by atoms with Gasteiger partial charge in [-0.15, -0.1) is 0 Å². The Bertz CT molecular complexity index is 969. The minimum Gasteiger partial charge on any atom is -0.351 e. The van der Waals surface area contributed by atoms with Crippen LogP contribution in [0.4, 0.5) is 5.69 Å². The van der Waals surface area contributed by atoms with Gasteiger partial charge in [-0.05, 0) is 55.2 Å². The molecule has 1 fully saturated rings. The Balaban J connectivity index is 1.55. The van der Waals surface area contributed by atoms with Gasteiger partial charge in [0.2, 0.25) is 10.0 Å². The van der Waals surface area contributed by atoms with Gasteiger partial charge in [-0.25, -0.2) is 8.42 Å². The van der Waals surface area contributed by atoms with E-state index < -0.39 is 10.0 Å². The average Bonchev–Trinajstić information content (AvgIpc) is 2.75. The number of carbonyl (C=O) groups is 1. The highest BCUT2D eigenvalue weighted by atomic mass is 32.2. The number of thioether (sulfide) groups is 1. The van der Waals surface area contributed by atoms with Crippen molar-refractivity contribution in [2.75, 3.05) is 22.9 Å². The first-order chi connectivity index (χ1) is 14.8. The summed E-state index contributed by atoms with van der Waals surface area (Å²) >= 11 is 1.97. The molecule has 2 aromatic carbocycles. The topological polar surface area (TPSA) is 66.5 Å². The van der Waals surface area contributed by atoms with Crippen molar-refractivity contribution >= 4 is 33.4 Å². The van der Waals surface area contributed by atoms with E-state index in [1.807, 2.05) is 49.0 Å². The van der Waals surface area contributed by atoms with Crippen LogP contribution in [0.15, 0.2) is 48.5 Å². The quantitative estimate of drug-likeness (QED) is 0.548. The van der Waals surface area contributed by atoms with Crippen molar-refractivity contribution in [2.24, 2.45) is 0 Å². The third kappa shape index (κ3) is 7.28. The van der Waals surface area contributed by atoms with E-state index >= 15 is 0 Å². The van der Waals surface area contributed by atoms with Gasteiger partial charge in [-0.2, -0.15) is 11.8 Å². The van der Waals surface area contributed by atoms with Crippen LogP contribution in [0.2, 0.25) is 0 Å². The van der Waals surface area contributed by atoms with Crippen LogP contribution < -0.4 is 9.62 Å². The van der Waals surface area contributed by atoms with E-state index in [0.29, 0.717) is 17.8 Å². The van der Waals surface area contributed by atoms with Gasteiger partial charge in [-0.3, -0.25) is 9.10 Å². The summed E-state index contributed by atoms with van der Waals surface area (Å²) in [7, 11) is -3.43. The predicted molar refractivity (Wildman–Crippen MR) is 130 cm³/mol. The number of amides is 1. The van der Waals surface area contributed by atoms with Gasteiger partial charge in [0.05, 0.1) is 18.5 Å². The van der Waals surface area contributed by atoms with Crippen LogP contribution in [0.25, 0.3) is 0 Å². The minimum absolute atomic E-state index is 0.0885. The van der Waals surface area contributed by atoms with Gasteiger partial charge in [0.15, 0.2) is 0 Å². The molecule has 1 aliphatic rings. The normalized spacial score (nSPS) is 14.9. The zero-order valence-electron chi connectivity index (χ0n) is 18.3. The van der Waals surface area contributed by atoms with Gasteiger partial charge < -0.3 is 5.32 Å². The predicted octanol–water partition coefficient (Wildman–Crippen LogP) is 4.76. The second-order valence-electron chi connectivity index (χ2n) is 8.19. The third-order valence-corrected chi connectivity index (χ3v) is 8.05. The lowest BCUT2D eigenvalue weighted by atomic mass is 10.0. The Morgan fingerprint density at radius 3 is 2.45 bits per heavy atom. The Morgan fingerprint density at radius 2 is 1.81 bits per heavy atom. The van der Waals surface area contributed by atoms with E-state index in [2.05, 4.69) is 5.32 Å². The second-order valence-corrected chi connectivity index (χ2v) is 11.5. The summed E-state index contributed by atoms with van der Waals surface area (Å²) in [6.45, 7) is 2.82. The molecule has 0 aliphatic heterocycles. The molecule has 3 rings (SSSR count). The SMILES string of the molecule is Cc1cccc(N(Cc2ccc(C(=O)NCCSC3CCCCC3)cc2)S(C)(=O)=O)c1. The van der Waals surface area contributed by atoms with Crippen LogP contribution in [-0.4, -0.2) is 38.1 Å². The maximum atomic E-state index is 12.4. The maximum Gasteiger partial charge on any atom is 0.251 e. The van der Waals surface area contributed by atoms with Gasteiger partial charge in [-0.1, -0.05) is 43.5 Å². The van der Waals surface area contributed by atoms with Crippen LogP contribution in [0, 0.1) is 6.92 Å². The smallest absolute Gasteiger partial charge is 0.251 e. The van der Waals surface area contributed by atoms with E-state index in [9.17, 15) is 13.2 Å². The molecule has 0 spiro atoms. The van der Waals surface area contributed by atoms with E-state index in [1.54, 1.807) is 18.2 Å². The van der Waals surface area contributed by atoms with E-state index in [4.69, 9.17) is 0 Å². The zero-order valence-corrected chi connectivity index (χ0v) is 20.0. The number of aryl methyl sites for hydroxylation is 1. The fourth-order valence-electron chi connectivity index (χ4n) is 3.83. The number of anilines is 1. The van der Waals surface area contributed by atoms with Gasteiger partial charge in [0, 0.05) is 23.1 Å². The highest BCUT2D eigenvalue weighted by molar-refractivity contribution is 7.99. The molecule has 0 radical (unpaired) electrons. The molecule has 7 heteroatoms. The molecule has 1 aliphatic carbocycles. The van der Waals surface area contributed by atoms with Crippen molar-refractivity contribution in [1.82, 2.24) is 5.32 Å². The summed E-state index contributed by atoms with van der Waals surface area (Å²) in [4.78, 5) is 12.4. The fraction of sp³-hybridized carbons (Fsp3) is 0.458. The van der Waals surface area contributed by atoms with Crippen molar-refractivity contribution < 1.29 is 13.2 Å². The summed E-state index contributed by atoms with van der Waals surface area (Å²) < 4.78 is 26.1. The van der Waals surface area contributed by atoms with Crippen molar-refractivity contribution in [3.05, 3.63) is 65.2 Å². The summed E-state index contributed by atoms with van der Waals surface area (Å²) in [5, 5.41) is 3.74. The standard InChI is InChI=1S/C24H32N2O3S2/c1-19-7-6-8-22(17-19)26(31(2,28)29)18-20-11-13-21(14-12-20)24(27)25-15-16-30-23-9-4-3-5-10-23/h6-8,11-14,17,23H,3-5,9-10,15-16,18H2,1-2H3,(H,25,27). The van der Waals surface area contributed by atoms with Gasteiger partial charge in [0.1, 0.15) is 0 Å². The largest absolute Gasteiger partial charge is 0.351 e. The number of benzene rings is 2. The molecule has 0 aromatic heterocycles. The van der Waals surface area contributed by atoms with Gasteiger partial charge in [0.25, 0.3) is 5.91 Å². The summed E-state index contributed by atoms with van der Waals surface area (Å²) in [6, 6.07) is 14.6. The number of nitrogens with one attached hydrogen (secondary N) is 1. The van der Waals surface area contributed by atoms with Crippen molar-refractivity contribution in [3.63, 3.8) is 0 Å². The fourth-order valence-corrected chi connectivity index (χ4v) is 5.93. The molecule has 0 atom stereocenters. The highest BCUT2D eigenvalue weighted by Crippen LogP contribution is 2.27. The molecule has 0 saturated heterocycles. The molecular formula is C24H32N2O3S2. The molecule has 5 nitrogen and oxygen atoms in total. The summed E-state index contributed by atoms with van der Waals surface area (Å²) in [5.74, 6) is 0.850. The molecule has 31 heavy (non-hydrogen) atoms. The van der Waals surface area contributed by atoms with Crippen LogP contribution in [0.3, 0.4) is 0 Å². The first kappa shape index (κ1) is 23.7. The first-order valence-electron chi connectivity index (χ1n) is 10.9. The highest BCUT2D eigenvalue weighted by Gasteiger charge is 2.18. The summed E-state index contributed by atoms with van der Waals surface area (Å²) in [6.07, 6.45) is 7.83. The molecule has 0 unspecified atom stereocenters. The Morgan fingerprint density at radius 1 is 1.10 bits per heavy atom. The van der Waals surface area contributed by atoms with Crippen molar-refractivity contribution in [2.45, 2.75) is 50.8 Å². The van der Waals surface area contributed by atoms with Crippen LogP contribution in [-0.2, 0) is 16.6 Å². The molecule has 1 saturated carbocycles. The monoisotopic (exact) mass is 460 g/mol. The Hall–Kier alpha value is -1.99. The zero-order chi connectivity index (χ0) is 22.3. The minimum atomic E-state index is -3.43. The third-order valence-electron chi connectivity index (χ3n) is 5.53. The molecule has 168 valence electrons. The van der Waals surface area contributed by atoms with Crippen LogP contribution in [0.1, 0.15) is 53.6 Å². The molecule has 2 aromatic rings. The number of hydrogen-bond donors (Lipinski definition) is 1. The number of rotatable bonds is 9. The van der Waals surface area contributed by atoms with Crippen molar-refractivity contribution in [3.8, 4) is 0 Å². The molecule has 0 bridgehead atoms. The Kier molecular flexibility index (Phi) is 8.43. The lowest BCUT2D eigenvalue weighted by molar-refractivity contribution is 0.0956. The number of carbonyl (C=O) groups excluding carboxylic acids is 1. The maximum absolute atomic E-state index is 12.4. The van der Waals surface area contributed by atoms with Crippen LogP contribution >= 0.6 is 11.8 Å². The molecule has 0 heterocycles. The molecular weight excluding hydrogens is 428 g/mol. The average molecular weight is 461 g/mol. The van der Waals surface area contributed by atoms with Gasteiger partial charge >= 0.3 is 0 Å². The molecule has 1 amide bonds. The van der Waals surface area contributed by atoms with E-state index in [0.717, 1.165) is 22.1 Å². The number of hydrogen-bond acceptors (Lipinski definition) is 4. The lowest BCUT2D eigenvalue weighted by Gasteiger charge is -2.23. The first-order valence-corrected chi connectivity index (χ1v) is 13.8. The number of sulfonamides is 1. The molecule has 1 N–H and O–H groups in total. The second kappa shape index (κ2) is 11.0. The van der Waals surface area contributed by atoms with Crippen molar-refractivity contribution in [1.29, 1.82) is 0 Å². The lowest BCUT2D eigenvalue weighted by Crippen LogP contribution is -2.29. The van der Waals surface area contributed by atoms with E-state index in [-0.39, 0.29) is 12.5 Å². The van der Waals surface area contributed by atoms with Crippen LogP contribution in [0.5, 0.6) is 0 Å². The van der Waals surface area contributed by atoms with E-state index in [1.165, 1.54) is 42.7 Å². The Labute approximate surface area is 190 Å². The number of nitrogens with zero attached hydrogens (tertiary/aromatic N) is 1. The summed E-state index contributed by atoms with van der Waals surface area (Å²) in [5.41, 5.74) is 3.06.